The molecule has 29 heavy (non-hydrogen) atoms. The molecule has 2 aromatic rings. The third-order valence-corrected chi connectivity index (χ3v) is 4.85. The van der Waals surface area contributed by atoms with Crippen LogP contribution in [0.3, 0.4) is 0 Å². The Morgan fingerprint density at radius 2 is 1.66 bits per heavy atom. The summed E-state index contributed by atoms with van der Waals surface area (Å²) in [6, 6.07) is 12.3. The normalized spacial score (nSPS) is 15.8. The second-order valence-electron chi connectivity index (χ2n) is 6.77. The van der Waals surface area contributed by atoms with Crippen LogP contribution in [0.4, 0.5) is 18.9 Å². The first-order valence-corrected chi connectivity index (χ1v) is 9.30. The average Bonchev–Trinajstić information content (AvgIpc) is 2.73. The van der Waals surface area contributed by atoms with Crippen LogP contribution < -0.4 is 14.4 Å². The molecular weight excluding hydrogens is 385 g/mol. The number of halogens is 3. The molecule has 0 bridgehead atoms. The number of para-hydroxylation sites is 2. The largest absolute Gasteiger partial charge is 0.493 e. The minimum Gasteiger partial charge on any atom is -0.493 e. The Kier molecular flexibility index (Phi) is 6.20. The average molecular weight is 408 g/mol. The Morgan fingerprint density at radius 1 is 1.00 bits per heavy atom. The zero-order chi connectivity index (χ0) is 21.0. The molecule has 2 aromatic carbocycles. The Bertz CT molecular complexity index is 849. The molecule has 5 nitrogen and oxygen atoms in total. The number of carbonyl (C=O) groups is 1. The van der Waals surface area contributed by atoms with Crippen molar-refractivity contribution < 1.29 is 27.4 Å². The molecule has 0 aromatic heterocycles. The Morgan fingerprint density at radius 3 is 2.28 bits per heavy atom. The van der Waals surface area contributed by atoms with Gasteiger partial charge < -0.3 is 19.3 Å². The molecule has 0 radical (unpaired) electrons. The van der Waals surface area contributed by atoms with Crippen molar-refractivity contribution in [2.24, 2.45) is 0 Å². The number of nitrogens with zero attached hydrogens (tertiary/aromatic N) is 2. The smallest absolute Gasteiger partial charge is 0.416 e. The van der Waals surface area contributed by atoms with Crippen molar-refractivity contribution in [3.63, 3.8) is 0 Å². The molecule has 1 amide bonds. The molecule has 1 fully saturated rings. The zero-order valence-corrected chi connectivity index (χ0v) is 16.3. The van der Waals surface area contributed by atoms with Crippen LogP contribution in [0.5, 0.6) is 11.5 Å². The predicted molar refractivity (Wildman–Crippen MR) is 103 cm³/mol. The Balaban J connectivity index is 1.59. The first-order valence-electron chi connectivity index (χ1n) is 9.30. The van der Waals surface area contributed by atoms with Crippen molar-refractivity contribution in [2.75, 3.05) is 38.2 Å². The van der Waals surface area contributed by atoms with Gasteiger partial charge in [-0.25, -0.2) is 0 Å². The van der Waals surface area contributed by atoms with Crippen LogP contribution >= 0.6 is 0 Å². The molecule has 0 aliphatic carbocycles. The van der Waals surface area contributed by atoms with Crippen LogP contribution in [0, 0.1) is 0 Å². The number of hydrogen-bond donors (Lipinski definition) is 0. The quantitative estimate of drug-likeness (QED) is 0.754. The number of alkyl halides is 3. The first-order chi connectivity index (χ1) is 13.8. The maximum atomic E-state index is 12.9. The van der Waals surface area contributed by atoms with Crippen molar-refractivity contribution in [2.45, 2.75) is 19.2 Å². The number of amides is 1. The zero-order valence-electron chi connectivity index (χ0n) is 16.3. The second kappa shape index (κ2) is 8.63. The lowest BCUT2D eigenvalue weighted by Gasteiger charge is -2.37. The summed E-state index contributed by atoms with van der Waals surface area (Å²) in [6.45, 7) is 3.40. The number of carbonyl (C=O) groups excluding carboxylic acids is 1. The fourth-order valence-corrected chi connectivity index (χ4v) is 3.28. The van der Waals surface area contributed by atoms with E-state index in [1.54, 1.807) is 36.1 Å². The summed E-state index contributed by atoms with van der Waals surface area (Å²) in [5.41, 5.74) is -0.169. The molecule has 0 unspecified atom stereocenters. The van der Waals surface area contributed by atoms with E-state index < -0.39 is 17.8 Å². The Labute approximate surface area is 167 Å². The highest BCUT2D eigenvalue weighted by Crippen LogP contribution is 2.32. The summed E-state index contributed by atoms with van der Waals surface area (Å²) >= 11 is 0. The van der Waals surface area contributed by atoms with Crippen molar-refractivity contribution in [1.82, 2.24) is 4.90 Å². The molecule has 0 spiro atoms. The lowest BCUT2D eigenvalue weighted by molar-refractivity contribution is -0.138. The monoisotopic (exact) mass is 408 g/mol. The number of benzene rings is 2. The maximum absolute atomic E-state index is 12.9. The third-order valence-electron chi connectivity index (χ3n) is 4.85. The molecule has 0 saturated carbocycles. The minimum absolute atomic E-state index is 0.167. The van der Waals surface area contributed by atoms with Gasteiger partial charge in [-0.3, -0.25) is 4.79 Å². The van der Waals surface area contributed by atoms with Gasteiger partial charge in [0.25, 0.3) is 5.91 Å². The van der Waals surface area contributed by atoms with E-state index in [0.29, 0.717) is 43.4 Å². The molecule has 1 heterocycles. The van der Waals surface area contributed by atoms with E-state index in [1.165, 1.54) is 13.2 Å². The van der Waals surface area contributed by atoms with Crippen molar-refractivity contribution >= 4 is 11.6 Å². The van der Waals surface area contributed by atoms with Crippen molar-refractivity contribution in [1.29, 1.82) is 0 Å². The highest BCUT2D eigenvalue weighted by atomic mass is 19.4. The SMILES string of the molecule is COc1ccccc1O[C@H](C)C(=O)N1CCN(c2cccc(C(F)(F)F)c2)CC1. The van der Waals surface area contributed by atoms with E-state index in [-0.39, 0.29) is 5.91 Å². The van der Waals surface area contributed by atoms with Gasteiger partial charge in [-0.1, -0.05) is 18.2 Å². The summed E-state index contributed by atoms with van der Waals surface area (Å²) in [7, 11) is 1.53. The van der Waals surface area contributed by atoms with Crippen molar-refractivity contribution in [3.05, 3.63) is 54.1 Å². The topological polar surface area (TPSA) is 42.0 Å². The van der Waals surface area contributed by atoms with E-state index in [0.717, 1.165) is 12.1 Å². The van der Waals surface area contributed by atoms with E-state index >= 15 is 0 Å². The van der Waals surface area contributed by atoms with Gasteiger partial charge in [0.1, 0.15) is 0 Å². The van der Waals surface area contributed by atoms with Gasteiger partial charge in [-0.05, 0) is 37.3 Å². The number of methoxy groups -OCH3 is 1. The van der Waals surface area contributed by atoms with E-state index in [9.17, 15) is 18.0 Å². The maximum Gasteiger partial charge on any atom is 0.416 e. The fourth-order valence-electron chi connectivity index (χ4n) is 3.28. The number of piperazine rings is 1. The number of ether oxygens (including phenoxy) is 2. The van der Waals surface area contributed by atoms with E-state index in [4.69, 9.17) is 9.47 Å². The summed E-state index contributed by atoms with van der Waals surface area (Å²) in [6.07, 6.45) is -5.08. The van der Waals surface area contributed by atoms with Gasteiger partial charge >= 0.3 is 6.18 Å². The molecule has 1 aliphatic rings. The standard InChI is InChI=1S/C21H23F3N2O3/c1-15(29-19-9-4-3-8-18(19)28-2)20(27)26-12-10-25(11-13-26)17-7-5-6-16(14-17)21(22,23)24/h3-9,14-15H,10-13H2,1-2H3/t15-/m1/s1. The highest BCUT2D eigenvalue weighted by Gasteiger charge is 2.32. The summed E-state index contributed by atoms with van der Waals surface area (Å²) in [5, 5.41) is 0. The number of anilines is 1. The molecule has 8 heteroatoms. The van der Waals surface area contributed by atoms with Crippen molar-refractivity contribution in [3.8, 4) is 11.5 Å². The predicted octanol–water partition coefficient (Wildman–Crippen LogP) is 3.83. The molecule has 0 N–H and O–H groups in total. The van der Waals surface area contributed by atoms with Crippen LogP contribution in [0.25, 0.3) is 0 Å². The molecular formula is C21H23F3N2O3. The number of hydrogen-bond acceptors (Lipinski definition) is 4. The molecule has 1 aliphatic heterocycles. The summed E-state index contributed by atoms with van der Waals surface area (Å²) in [4.78, 5) is 16.2. The first kappa shape index (κ1) is 20.8. The number of rotatable bonds is 5. The van der Waals surface area contributed by atoms with Gasteiger partial charge in [0.15, 0.2) is 17.6 Å². The summed E-state index contributed by atoms with van der Waals surface area (Å²) in [5.74, 6) is 0.861. The molecule has 3 rings (SSSR count). The fraction of sp³-hybridized carbons (Fsp3) is 0.381. The molecule has 1 atom stereocenters. The van der Waals surface area contributed by atoms with Gasteiger partial charge in [-0.15, -0.1) is 0 Å². The minimum atomic E-state index is -4.38. The van der Waals surface area contributed by atoms with Gasteiger partial charge in [0.2, 0.25) is 0 Å². The van der Waals surface area contributed by atoms with Gasteiger partial charge in [0.05, 0.1) is 12.7 Å². The van der Waals surface area contributed by atoms with Crippen LogP contribution in [-0.4, -0.2) is 50.2 Å². The van der Waals surface area contributed by atoms with Crippen LogP contribution in [0.15, 0.2) is 48.5 Å². The van der Waals surface area contributed by atoms with Crippen LogP contribution in [0.1, 0.15) is 12.5 Å². The van der Waals surface area contributed by atoms with Crippen LogP contribution in [-0.2, 0) is 11.0 Å². The summed E-state index contributed by atoms with van der Waals surface area (Å²) < 4.78 is 49.8. The highest BCUT2D eigenvalue weighted by molar-refractivity contribution is 5.81. The Hall–Kier alpha value is -2.90. The van der Waals surface area contributed by atoms with Crippen LogP contribution in [0.2, 0.25) is 0 Å². The second-order valence-corrected chi connectivity index (χ2v) is 6.77. The van der Waals surface area contributed by atoms with E-state index in [2.05, 4.69) is 0 Å². The van der Waals surface area contributed by atoms with Gasteiger partial charge in [0, 0.05) is 31.9 Å². The third kappa shape index (κ3) is 4.93. The van der Waals surface area contributed by atoms with E-state index in [1.807, 2.05) is 11.0 Å². The molecule has 156 valence electrons. The lowest BCUT2D eigenvalue weighted by Crippen LogP contribution is -2.52. The van der Waals surface area contributed by atoms with Gasteiger partial charge in [-0.2, -0.15) is 13.2 Å². The lowest BCUT2D eigenvalue weighted by atomic mass is 10.1. The molecule has 1 saturated heterocycles.